The summed E-state index contributed by atoms with van der Waals surface area (Å²) in [5.41, 5.74) is 2.28. The van der Waals surface area contributed by atoms with Gasteiger partial charge in [0.25, 0.3) is 0 Å². The summed E-state index contributed by atoms with van der Waals surface area (Å²) < 4.78 is 1.77. The number of aliphatic hydroxyl groups is 1. The zero-order chi connectivity index (χ0) is 19.3. The van der Waals surface area contributed by atoms with Crippen LogP contribution < -0.4 is 0 Å². The number of rotatable bonds is 8. The van der Waals surface area contributed by atoms with E-state index in [9.17, 15) is 9.90 Å². The predicted molar refractivity (Wildman–Crippen MR) is 105 cm³/mol. The number of aryl methyl sites for hydroxylation is 2. The van der Waals surface area contributed by atoms with Crippen LogP contribution in [0.4, 0.5) is 0 Å². The summed E-state index contributed by atoms with van der Waals surface area (Å²) in [6.07, 6.45) is 8.69. The maximum Gasteiger partial charge on any atom is 0.144 e. The molecule has 0 saturated heterocycles. The van der Waals surface area contributed by atoms with Crippen molar-refractivity contribution in [3.63, 3.8) is 0 Å². The summed E-state index contributed by atoms with van der Waals surface area (Å²) in [6, 6.07) is 8.83. The molecule has 0 amide bonds. The molecule has 146 valence electrons. The quantitative estimate of drug-likeness (QED) is 0.774. The second kappa shape index (κ2) is 8.79. The lowest BCUT2D eigenvalue weighted by Gasteiger charge is -2.41. The Morgan fingerprint density at radius 1 is 1.26 bits per heavy atom. The van der Waals surface area contributed by atoms with Crippen molar-refractivity contribution >= 4 is 5.78 Å². The molecule has 3 rings (SSSR count). The molecule has 1 heterocycles. The molecule has 1 fully saturated rings. The zero-order valence-electron chi connectivity index (χ0n) is 16.5. The van der Waals surface area contributed by atoms with E-state index in [1.807, 2.05) is 6.92 Å². The van der Waals surface area contributed by atoms with E-state index in [4.69, 9.17) is 0 Å². The Bertz CT molecular complexity index is 727. The maximum atomic E-state index is 13.3. The van der Waals surface area contributed by atoms with Crippen molar-refractivity contribution in [3.05, 3.63) is 48.0 Å². The van der Waals surface area contributed by atoms with Crippen LogP contribution in [0.25, 0.3) is 0 Å². The number of carbonyl (C=O) groups is 1. The SMILES string of the molecule is CCc1ccc(CC[C@@H]2CC[C@@](C)(CCO)C(=O)[C@H]2Cn2cncn2)cc1. The van der Waals surface area contributed by atoms with Crippen molar-refractivity contribution in [2.45, 2.75) is 58.9 Å². The van der Waals surface area contributed by atoms with Crippen LogP contribution in [-0.4, -0.2) is 32.3 Å². The molecule has 5 heteroatoms. The molecule has 2 aromatic rings. The number of aromatic nitrogens is 3. The number of benzene rings is 1. The minimum Gasteiger partial charge on any atom is -0.396 e. The van der Waals surface area contributed by atoms with Crippen LogP contribution in [0, 0.1) is 17.3 Å². The molecule has 0 bridgehead atoms. The topological polar surface area (TPSA) is 68.0 Å². The highest BCUT2D eigenvalue weighted by Gasteiger charge is 2.45. The van der Waals surface area contributed by atoms with Gasteiger partial charge in [-0.3, -0.25) is 9.48 Å². The van der Waals surface area contributed by atoms with Gasteiger partial charge in [-0.1, -0.05) is 38.1 Å². The smallest absolute Gasteiger partial charge is 0.144 e. The summed E-state index contributed by atoms with van der Waals surface area (Å²) >= 11 is 0. The Morgan fingerprint density at radius 3 is 2.63 bits per heavy atom. The van der Waals surface area contributed by atoms with Gasteiger partial charge < -0.3 is 5.11 Å². The van der Waals surface area contributed by atoms with Gasteiger partial charge in [-0.15, -0.1) is 0 Å². The Labute approximate surface area is 161 Å². The number of nitrogens with zero attached hydrogens (tertiary/aromatic N) is 3. The number of ketones is 1. The maximum absolute atomic E-state index is 13.3. The van der Waals surface area contributed by atoms with Gasteiger partial charge in [0.1, 0.15) is 18.4 Å². The normalized spacial score (nSPS) is 25.7. The van der Waals surface area contributed by atoms with Gasteiger partial charge in [0, 0.05) is 17.9 Å². The second-order valence-corrected chi connectivity index (χ2v) is 8.13. The summed E-state index contributed by atoms with van der Waals surface area (Å²) in [5, 5.41) is 13.6. The Hall–Kier alpha value is -2.01. The molecule has 3 atom stereocenters. The van der Waals surface area contributed by atoms with Crippen molar-refractivity contribution in [1.29, 1.82) is 0 Å². The van der Waals surface area contributed by atoms with Crippen LogP contribution in [0.1, 0.15) is 50.7 Å². The molecular formula is C22H31N3O2. The minimum atomic E-state index is -0.417. The summed E-state index contributed by atoms with van der Waals surface area (Å²) in [5.74, 6) is 0.566. The van der Waals surface area contributed by atoms with Gasteiger partial charge in [-0.05, 0) is 55.6 Å². The first-order valence-corrected chi connectivity index (χ1v) is 10.1. The van der Waals surface area contributed by atoms with E-state index in [2.05, 4.69) is 41.3 Å². The molecule has 0 radical (unpaired) electrons. The van der Waals surface area contributed by atoms with Crippen molar-refractivity contribution in [2.75, 3.05) is 6.61 Å². The molecule has 1 aliphatic rings. The van der Waals surface area contributed by atoms with E-state index < -0.39 is 5.41 Å². The highest BCUT2D eigenvalue weighted by Crippen LogP contribution is 2.43. The van der Waals surface area contributed by atoms with Crippen LogP contribution in [-0.2, 0) is 24.2 Å². The Morgan fingerprint density at radius 2 is 2.00 bits per heavy atom. The molecular weight excluding hydrogens is 338 g/mol. The highest BCUT2D eigenvalue weighted by molar-refractivity contribution is 5.87. The second-order valence-electron chi connectivity index (χ2n) is 8.13. The molecule has 1 aromatic carbocycles. The van der Waals surface area contributed by atoms with E-state index in [1.165, 1.54) is 17.5 Å². The average molecular weight is 370 g/mol. The van der Waals surface area contributed by atoms with Crippen molar-refractivity contribution in [2.24, 2.45) is 17.3 Å². The largest absolute Gasteiger partial charge is 0.396 e. The number of Topliss-reactive ketones (excluding diaryl/α,β-unsaturated/α-hetero) is 1. The van der Waals surface area contributed by atoms with Crippen LogP contribution in [0.15, 0.2) is 36.9 Å². The lowest BCUT2D eigenvalue weighted by molar-refractivity contribution is -0.140. The summed E-state index contributed by atoms with van der Waals surface area (Å²) in [6.45, 7) is 4.83. The van der Waals surface area contributed by atoms with Gasteiger partial charge in [0.05, 0.1) is 6.54 Å². The number of hydrogen-bond donors (Lipinski definition) is 1. The van der Waals surface area contributed by atoms with Gasteiger partial charge >= 0.3 is 0 Å². The first-order valence-electron chi connectivity index (χ1n) is 10.1. The van der Waals surface area contributed by atoms with E-state index >= 15 is 0 Å². The van der Waals surface area contributed by atoms with Gasteiger partial charge in [0.2, 0.25) is 0 Å². The van der Waals surface area contributed by atoms with Crippen LogP contribution >= 0.6 is 0 Å². The highest BCUT2D eigenvalue weighted by atomic mass is 16.3. The molecule has 0 unspecified atom stereocenters. The lowest BCUT2D eigenvalue weighted by Crippen LogP contribution is -2.44. The Kier molecular flexibility index (Phi) is 6.42. The van der Waals surface area contributed by atoms with Crippen molar-refractivity contribution < 1.29 is 9.90 Å². The van der Waals surface area contributed by atoms with Crippen LogP contribution in [0.5, 0.6) is 0 Å². The monoisotopic (exact) mass is 369 g/mol. The third kappa shape index (κ3) is 4.64. The average Bonchev–Trinajstić information content (AvgIpc) is 3.19. The zero-order valence-corrected chi connectivity index (χ0v) is 16.5. The standard InChI is InChI=1S/C22H31N3O2/c1-3-17-4-6-18(7-5-17)8-9-19-10-11-22(2,12-13-26)21(27)20(19)14-25-16-23-15-24-25/h4-7,15-16,19-20,26H,3,8-14H2,1-2H3/t19-,20+,22+/m1/s1. The fourth-order valence-electron chi connectivity index (χ4n) is 4.38. The van der Waals surface area contributed by atoms with Crippen molar-refractivity contribution in [1.82, 2.24) is 14.8 Å². The van der Waals surface area contributed by atoms with Crippen molar-refractivity contribution in [3.8, 4) is 0 Å². The van der Waals surface area contributed by atoms with E-state index in [0.29, 0.717) is 18.9 Å². The molecule has 1 aromatic heterocycles. The molecule has 0 spiro atoms. The molecule has 1 aliphatic carbocycles. The van der Waals surface area contributed by atoms with E-state index in [0.717, 1.165) is 32.1 Å². The summed E-state index contributed by atoms with van der Waals surface area (Å²) in [4.78, 5) is 17.3. The molecule has 0 aliphatic heterocycles. The molecule has 27 heavy (non-hydrogen) atoms. The van der Waals surface area contributed by atoms with Gasteiger partial charge in [0.15, 0.2) is 0 Å². The fourth-order valence-corrected chi connectivity index (χ4v) is 4.38. The number of hydrogen-bond acceptors (Lipinski definition) is 4. The third-order valence-corrected chi connectivity index (χ3v) is 6.32. The first-order chi connectivity index (χ1) is 13.1. The minimum absolute atomic E-state index is 0.0622. The third-order valence-electron chi connectivity index (χ3n) is 6.32. The predicted octanol–water partition coefficient (Wildman–Crippen LogP) is 3.46. The van der Waals surface area contributed by atoms with Crippen LogP contribution in [0.2, 0.25) is 0 Å². The summed E-state index contributed by atoms with van der Waals surface area (Å²) in [7, 11) is 0. The van der Waals surface area contributed by atoms with Gasteiger partial charge in [-0.25, -0.2) is 4.98 Å². The number of carbonyl (C=O) groups excluding carboxylic acids is 1. The fraction of sp³-hybridized carbons (Fsp3) is 0.591. The Balaban J connectivity index is 1.72. The molecule has 5 nitrogen and oxygen atoms in total. The van der Waals surface area contributed by atoms with Gasteiger partial charge in [-0.2, -0.15) is 5.10 Å². The van der Waals surface area contributed by atoms with Crippen LogP contribution in [0.3, 0.4) is 0 Å². The van der Waals surface area contributed by atoms with E-state index in [-0.39, 0.29) is 18.3 Å². The lowest BCUT2D eigenvalue weighted by atomic mass is 9.63. The first kappa shape index (κ1) is 19.7. The number of aliphatic hydroxyl groups excluding tert-OH is 1. The molecule has 1 N–H and O–H groups in total. The molecule has 1 saturated carbocycles. The van der Waals surface area contributed by atoms with E-state index in [1.54, 1.807) is 11.0 Å².